The number of hydrogen-bond acceptors (Lipinski definition) is 2. The van der Waals surface area contributed by atoms with Gasteiger partial charge in [-0.05, 0) is 36.4 Å². The average molecular weight is 321 g/mol. The molecule has 2 rings (SSSR count). The monoisotopic (exact) mass is 321 g/mol. The molecular formula is C17H19F2N2O2+. The number of carbonyl (C=O) groups excluding carboxylic acids is 1. The minimum Gasteiger partial charge on any atom is -0.496 e. The minimum atomic E-state index is -0.409. The van der Waals surface area contributed by atoms with Crippen molar-refractivity contribution in [3.63, 3.8) is 0 Å². The van der Waals surface area contributed by atoms with Crippen molar-refractivity contribution < 1.29 is 23.2 Å². The Balaban J connectivity index is 1.95. The number of carbonyl (C=O) groups is 1. The number of ether oxygens (including phenoxy) is 1. The van der Waals surface area contributed by atoms with E-state index in [0.717, 1.165) is 4.90 Å². The molecule has 0 spiro atoms. The fourth-order valence-electron chi connectivity index (χ4n) is 2.32. The summed E-state index contributed by atoms with van der Waals surface area (Å²) < 4.78 is 31.6. The van der Waals surface area contributed by atoms with Gasteiger partial charge in [0.05, 0.1) is 19.7 Å². The van der Waals surface area contributed by atoms with Crippen LogP contribution in [0.4, 0.5) is 14.5 Å². The van der Waals surface area contributed by atoms with Gasteiger partial charge in [-0.1, -0.05) is 6.07 Å². The van der Waals surface area contributed by atoms with Crippen molar-refractivity contribution in [2.45, 2.75) is 6.54 Å². The molecule has 0 aromatic heterocycles. The van der Waals surface area contributed by atoms with E-state index in [9.17, 15) is 13.6 Å². The van der Waals surface area contributed by atoms with Gasteiger partial charge in [-0.15, -0.1) is 0 Å². The quantitative estimate of drug-likeness (QED) is 0.849. The summed E-state index contributed by atoms with van der Waals surface area (Å²) in [6, 6.07) is 9.99. The molecule has 2 aromatic rings. The molecule has 0 radical (unpaired) electrons. The Kier molecular flexibility index (Phi) is 5.65. The lowest BCUT2D eigenvalue weighted by Gasteiger charge is -2.16. The molecular weight excluding hydrogens is 302 g/mol. The summed E-state index contributed by atoms with van der Waals surface area (Å²) in [5.74, 6) is -0.425. The Labute approximate surface area is 133 Å². The van der Waals surface area contributed by atoms with Crippen LogP contribution in [0.15, 0.2) is 42.5 Å². The van der Waals surface area contributed by atoms with E-state index < -0.39 is 5.82 Å². The number of quaternary nitrogens is 1. The van der Waals surface area contributed by atoms with E-state index in [1.807, 2.05) is 7.05 Å². The van der Waals surface area contributed by atoms with Crippen LogP contribution >= 0.6 is 0 Å². The van der Waals surface area contributed by atoms with Crippen LogP contribution in [-0.2, 0) is 11.3 Å². The van der Waals surface area contributed by atoms with Crippen LogP contribution in [0.2, 0.25) is 0 Å². The third-order valence-electron chi connectivity index (χ3n) is 3.31. The second kappa shape index (κ2) is 7.69. The van der Waals surface area contributed by atoms with Crippen LogP contribution in [0, 0.1) is 11.6 Å². The van der Waals surface area contributed by atoms with E-state index in [2.05, 4.69) is 5.32 Å². The molecule has 2 N–H and O–H groups in total. The molecule has 2 aromatic carbocycles. The molecule has 1 amide bonds. The van der Waals surface area contributed by atoms with Crippen molar-refractivity contribution in [3.8, 4) is 5.75 Å². The zero-order valence-electron chi connectivity index (χ0n) is 13.0. The van der Waals surface area contributed by atoms with Crippen LogP contribution in [0.25, 0.3) is 0 Å². The van der Waals surface area contributed by atoms with Gasteiger partial charge < -0.3 is 15.0 Å². The highest BCUT2D eigenvalue weighted by molar-refractivity contribution is 5.91. The van der Waals surface area contributed by atoms with Crippen molar-refractivity contribution >= 4 is 11.6 Å². The summed E-state index contributed by atoms with van der Waals surface area (Å²) in [5.41, 5.74) is 1.09. The third-order valence-corrected chi connectivity index (χ3v) is 3.31. The lowest BCUT2D eigenvalue weighted by molar-refractivity contribution is -0.885. The first-order valence-electron chi connectivity index (χ1n) is 7.17. The topological polar surface area (TPSA) is 42.8 Å². The number of rotatable bonds is 6. The summed E-state index contributed by atoms with van der Waals surface area (Å²) in [6.45, 7) is 0.591. The molecule has 23 heavy (non-hydrogen) atoms. The van der Waals surface area contributed by atoms with Crippen molar-refractivity contribution in [2.24, 2.45) is 0 Å². The van der Waals surface area contributed by atoms with E-state index in [1.165, 1.54) is 37.4 Å². The van der Waals surface area contributed by atoms with Gasteiger partial charge in [-0.2, -0.15) is 0 Å². The van der Waals surface area contributed by atoms with Crippen LogP contribution in [0.3, 0.4) is 0 Å². The first kappa shape index (κ1) is 16.9. The second-order valence-corrected chi connectivity index (χ2v) is 5.33. The standard InChI is InChI=1S/C17H18F2N2O2/c1-21(10-12-8-14(19)6-7-16(12)23-2)11-17(22)20-15-5-3-4-13(18)9-15/h3-9H,10-11H2,1-2H3,(H,20,22)/p+1. The molecule has 0 fully saturated rings. The fraction of sp³-hybridized carbons (Fsp3) is 0.235. The fourth-order valence-corrected chi connectivity index (χ4v) is 2.32. The number of nitrogens with one attached hydrogen (secondary N) is 2. The van der Waals surface area contributed by atoms with E-state index in [1.54, 1.807) is 12.1 Å². The highest BCUT2D eigenvalue weighted by atomic mass is 19.1. The first-order valence-corrected chi connectivity index (χ1v) is 7.17. The normalized spacial score (nSPS) is 11.8. The summed E-state index contributed by atoms with van der Waals surface area (Å²) >= 11 is 0. The maximum absolute atomic E-state index is 13.3. The van der Waals surface area contributed by atoms with Crippen molar-refractivity contribution in [2.75, 3.05) is 26.0 Å². The van der Waals surface area contributed by atoms with Gasteiger partial charge in [0, 0.05) is 5.69 Å². The molecule has 0 saturated carbocycles. The zero-order valence-corrected chi connectivity index (χ0v) is 13.0. The van der Waals surface area contributed by atoms with Gasteiger partial charge >= 0.3 is 0 Å². The Bertz CT molecular complexity index is 692. The number of anilines is 1. The largest absolute Gasteiger partial charge is 0.496 e. The molecule has 0 bridgehead atoms. The number of likely N-dealkylation sites (N-methyl/N-ethyl adjacent to an activating group) is 1. The summed E-state index contributed by atoms with van der Waals surface area (Å²) in [4.78, 5) is 12.8. The summed E-state index contributed by atoms with van der Waals surface area (Å²) in [7, 11) is 3.33. The zero-order chi connectivity index (χ0) is 16.8. The molecule has 0 heterocycles. The van der Waals surface area contributed by atoms with Gasteiger partial charge in [-0.3, -0.25) is 4.79 Å². The molecule has 6 heteroatoms. The second-order valence-electron chi connectivity index (χ2n) is 5.33. The number of methoxy groups -OCH3 is 1. The third kappa shape index (κ3) is 5.03. The van der Waals surface area contributed by atoms with Gasteiger partial charge in [-0.25, -0.2) is 8.78 Å². The lowest BCUT2D eigenvalue weighted by Crippen LogP contribution is -3.08. The molecule has 1 atom stereocenters. The number of halogens is 2. The smallest absolute Gasteiger partial charge is 0.279 e. The van der Waals surface area contributed by atoms with Gasteiger partial charge in [0.1, 0.15) is 23.9 Å². The molecule has 122 valence electrons. The Hall–Kier alpha value is -2.47. The van der Waals surface area contributed by atoms with Crippen LogP contribution < -0.4 is 15.0 Å². The predicted octanol–water partition coefficient (Wildman–Crippen LogP) is 1.63. The van der Waals surface area contributed by atoms with Crippen molar-refractivity contribution in [1.82, 2.24) is 0 Å². The maximum atomic E-state index is 13.3. The summed E-state index contributed by atoms with van der Waals surface area (Å²) in [5, 5.41) is 2.63. The van der Waals surface area contributed by atoms with Crippen molar-refractivity contribution in [1.29, 1.82) is 0 Å². The SMILES string of the molecule is COc1ccc(F)cc1C[NH+](C)CC(=O)Nc1cccc(F)c1. The van der Waals surface area contributed by atoms with Gasteiger partial charge in [0.15, 0.2) is 6.54 Å². The molecule has 0 saturated heterocycles. The highest BCUT2D eigenvalue weighted by Crippen LogP contribution is 2.18. The van der Waals surface area contributed by atoms with E-state index in [0.29, 0.717) is 23.5 Å². The van der Waals surface area contributed by atoms with Gasteiger partial charge in [0.2, 0.25) is 0 Å². The van der Waals surface area contributed by atoms with Crippen molar-refractivity contribution in [3.05, 3.63) is 59.7 Å². The molecule has 0 aliphatic carbocycles. The number of amides is 1. The molecule has 1 unspecified atom stereocenters. The van der Waals surface area contributed by atoms with E-state index >= 15 is 0 Å². The lowest BCUT2D eigenvalue weighted by atomic mass is 10.2. The summed E-state index contributed by atoms with van der Waals surface area (Å²) in [6.07, 6.45) is 0. The number of benzene rings is 2. The average Bonchev–Trinajstić information content (AvgIpc) is 2.47. The predicted molar refractivity (Wildman–Crippen MR) is 83.4 cm³/mol. The van der Waals surface area contributed by atoms with Crippen LogP contribution in [-0.4, -0.2) is 26.6 Å². The number of hydrogen-bond donors (Lipinski definition) is 2. The van der Waals surface area contributed by atoms with Gasteiger partial charge in [0.25, 0.3) is 5.91 Å². The van der Waals surface area contributed by atoms with Crippen LogP contribution in [0.1, 0.15) is 5.56 Å². The highest BCUT2D eigenvalue weighted by Gasteiger charge is 2.14. The minimum absolute atomic E-state index is 0.163. The Morgan fingerprint density at radius 3 is 2.61 bits per heavy atom. The first-order chi connectivity index (χ1) is 11.0. The Morgan fingerprint density at radius 2 is 1.91 bits per heavy atom. The van der Waals surface area contributed by atoms with E-state index in [-0.39, 0.29) is 18.3 Å². The Morgan fingerprint density at radius 1 is 1.17 bits per heavy atom. The molecule has 0 aliphatic heterocycles. The van der Waals surface area contributed by atoms with Crippen LogP contribution in [0.5, 0.6) is 5.75 Å². The van der Waals surface area contributed by atoms with E-state index in [4.69, 9.17) is 4.74 Å². The molecule has 4 nitrogen and oxygen atoms in total. The molecule has 0 aliphatic rings. The maximum Gasteiger partial charge on any atom is 0.279 e.